The van der Waals surface area contributed by atoms with E-state index in [1.54, 1.807) is 0 Å². The molecule has 3 rings (SSSR count). The van der Waals surface area contributed by atoms with E-state index in [-0.39, 0.29) is 24.8 Å². The molecular weight excluding hydrogens is 243 g/mol. The zero-order chi connectivity index (χ0) is 9.38. The predicted octanol–water partition coefficient (Wildman–Crippen LogP) is 2.39. The first kappa shape index (κ1) is 13.8. The molecule has 1 aromatic rings. The molecule has 2 aliphatic rings. The van der Waals surface area contributed by atoms with Crippen molar-refractivity contribution in [3.8, 4) is 0 Å². The second-order valence-corrected chi connectivity index (χ2v) is 4.48. The van der Waals surface area contributed by atoms with Gasteiger partial charge in [-0.05, 0) is 49.8 Å². The third-order valence-electron chi connectivity index (χ3n) is 3.59. The van der Waals surface area contributed by atoms with Gasteiger partial charge in [0.15, 0.2) is 0 Å². The molecule has 0 amide bonds. The van der Waals surface area contributed by atoms with Gasteiger partial charge in [-0.15, -0.1) is 24.8 Å². The summed E-state index contributed by atoms with van der Waals surface area (Å²) in [5.74, 6) is 0.808. The Bertz CT molecular complexity index is 313. The van der Waals surface area contributed by atoms with E-state index in [0.29, 0.717) is 0 Å². The van der Waals surface area contributed by atoms with E-state index in [1.807, 2.05) is 6.20 Å². The first-order valence-electron chi connectivity index (χ1n) is 5.59. The highest BCUT2D eigenvalue weighted by molar-refractivity contribution is 5.85. The van der Waals surface area contributed by atoms with Gasteiger partial charge >= 0.3 is 0 Å². The summed E-state index contributed by atoms with van der Waals surface area (Å²) >= 11 is 0. The third-order valence-corrected chi connectivity index (χ3v) is 3.59. The van der Waals surface area contributed by atoms with Crippen LogP contribution in [0.2, 0.25) is 0 Å². The van der Waals surface area contributed by atoms with Crippen molar-refractivity contribution in [2.75, 3.05) is 6.54 Å². The molecule has 2 atom stereocenters. The molecule has 2 nitrogen and oxygen atoms in total. The first-order chi connectivity index (χ1) is 6.93. The van der Waals surface area contributed by atoms with Crippen LogP contribution in [-0.4, -0.2) is 17.6 Å². The average molecular weight is 261 g/mol. The Hall–Kier alpha value is -0.310. The Balaban J connectivity index is 0.000000640. The van der Waals surface area contributed by atoms with Crippen LogP contribution in [0.4, 0.5) is 0 Å². The molecule has 0 bridgehead atoms. The van der Waals surface area contributed by atoms with Crippen LogP contribution in [0, 0.1) is 5.92 Å². The van der Waals surface area contributed by atoms with Crippen molar-refractivity contribution >= 4 is 24.8 Å². The average Bonchev–Trinajstić information content (AvgIpc) is 2.86. The van der Waals surface area contributed by atoms with Crippen molar-refractivity contribution in [3.05, 3.63) is 29.6 Å². The molecule has 0 saturated carbocycles. The number of nitrogens with one attached hydrogen (secondary N) is 1. The van der Waals surface area contributed by atoms with Crippen LogP contribution in [0.5, 0.6) is 0 Å². The summed E-state index contributed by atoms with van der Waals surface area (Å²) in [5.41, 5.74) is 2.82. The molecule has 0 aromatic carbocycles. The molecule has 1 aliphatic carbocycles. The van der Waals surface area contributed by atoms with Crippen LogP contribution in [-0.2, 0) is 12.8 Å². The fourth-order valence-corrected chi connectivity index (χ4v) is 2.84. The number of nitrogens with zero attached hydrogens (tertiary/aromatic N) is 1. The standard InChI is InChI=1S/C12H16N2.2ClH/c1-3-9-7-10(8-12(9)14-5-1)11-4-2-6-13-11;;/h1,3,5,10-11,13H,2,4,6-8H2;2*1H. The van der Waals surface area contributed by atoms with Crippen LogP contribution < -0.4 is 5.32 Å². The van der Waals surface area contributed by atoms with Gasteiger partial charge < -0.3 is 5.32 Å². The minimum Gasteiger partial charge on any atom is -0.314 e. The van der Waals surface area contributed by atoms with Crippen LogP contribution in [0.15, 0.2) is 18.3 Å². The minimum absolute atomic E-state index is 0. The SMILES string of the molecule is Cl.Cl.c1cnc2c(c1)CC(C1CCCN1)C2. The van der Waals surface area contributed by atoms with Gasteiger partial charge in [-0.1, -0.05) is 6.07 Å². The van der Waals surface area contributed by atoms with Crippen LogP contribution in [0.25, 0.3) is 0 Å². The quantitative estimate of drug-likeness (QED) is 0.839. The van der Waals surface area contributed by atoms with E-state index < -0.39 is 0 Å². The topological polar surface area (TPSA) is 24.9 Å². The number of hydrogen-bond acceptors (Lipinski definition) is 2. The summed E-state index contributed by atoms with van der Waals surface area (Å²) in [6, 6.07) is 5.05. The highest BCUT2D eigenvalue weighted by Crippen LogP contribution is 2.29. The lowest BCUT2D eigenvalue weighted by Gasteiger charge is -2.17. The normalized spacial score (nSPS) is 26.8. The highest BCUT2D eigenvalue weighted by Gasteiger charge is 2.30. The lowest BCUT2D eigenvalue weighted by Crippen LogP contribution is -2.30. The van der Waals surface area contributed by atoms with Gasteiger partial charge in [-0.25, -0.2) is 0 Å². The maximum atomic E-state index is 4.45. The Morgan fingerprint density at radius 3 is 2.81 bits per heavy atom. The lowest BCUT2D eigenvalue weighted by atomic mass is 9.96. The molecular formula is C12H18Cl2N2. The maximum Gasteiger partial charge on any atom is 0.0439 e. The summed E-state index contributed by atoms with van der Waals surface area (Å²) in [6.07, 6.45) is 7.06. The van der Waals surface area contributed by atoms with Gasteiger partial charge in [0.2, 0.25) is 0 Å². The Labute approximate surface area is 109 Å². The van der Waals surface area contributed by atoms with E-state index >= 15 is 0 Å². The van der Waals surface area contributed by atoms with E-state index in [4.69, 9.17) is 0 Å². The Morgan fingerprint density at radius 2 is 2.12 bits per heavy atom. The van der Waals surface area contributed by atoms with Gasteiger partial charge in [-0.3, -0.25) is 4.98 Å². The molecule has 90 valence electrons. The first-order valence-corrected chi connectivity index (χ1v) is 5.59. The number of pyridine rings is 1. The van der Waals surface area contributed by atoms with Gasteiger partial charge in [0.25, 0.3) is 0 Å². The van der Waals surface area contributed by atoms with Crippen LogP contribution >= 0.6 is 24.8 Å². The number of rotatable bonds is 1. The van der Waals surface area contributed by atoms with Gasteiger partial charge in [0.05, 0.1) is 0 Å². The maximum absolute atomic E-state index is 4.45. The third kappa shape index (κ3) is 2.50. The lowest BCUT2D eigenvalue weighted by molar-refractivity contribution is 0.404. The highest BCUT2D eigenvalue weighted by atomic mass is 35.5. The molecule has 1 saturated heterocycles. The van der Waals surface area contributed by atoms with Crippen molar-refractivity contribution < 1.29 is 0 Å². The molecule has 1 N–H and O–H groups in total. The van der Waals surface area contributed by atoms with E-state index in [0.717, 1.165) is 12.0 Å². The fraction of sp³-hybridized carbons (Fsp3) is 0.583. The molecule has 1 fully saturated rings. The molecule has 2 unspecified atom stereocenters. The molecule has 0 radical (unpaired) electrons. The molecule has 1 aromatic heterocycles. The zero-order valence-electron chi connectivity index (χ0n) is 9.19. The van der Waals surface area contributed by atoms with Crippen molar-refractivity contribution in [3.63, 3.8) is 0 Å². The largest absolute Gasteiger partial charge is 0.314 e. The Kier molecular flexibility index (Phi) is 5.03. The summed E-state index contributed by atoms with van der Waals surface area (Å²) in [6.45, 7) is 1.21. The second kappa shape index (κ2) is 5.85. The van der Waals surface area contributed by atoms with Crippen molar-refractivity contribution in [1.29, 1.82) is 0 Å². The minimum atomic E-state index is 0. The van der Waals surface area contributed by atoms with Crippen molar-refractivity contribution in [2.45, 2.75) is 31.7 Å². The van der Waals surface area contributed by atoms with Crippen LogP contribution in [0.3, 0.4) is 0 Å². The molecule has 0 spiro atoms. The van der Waals surface area contributed by atoms with Crippen LogP contribution in [0.1, 0.15) is 24.1 Å². The molecule has 4 heteroatoms. The fourth-order valence-electron chi connectivity index (χ4n) is 2.84. The second-order valence-electron chi connectivity index (χ2n) is 4.48. The molecule has 16 heavy (non-hydrogen) atoms. The molecule has 2 heterocycles. The Morgan fingerprint density at radius 1 is 1.25 bits per heavy atom. The summed E-state index contributed by atoms with van der Waals surface area (Å²) in [5, 5.41) is 3.61. The number of halogens is 2. The smallest absolute Gasteiger partial charge is 0.0439 e. The van der Waals surface area contributed by atoms with Crippen molar-refractivity contribution in [1.82, 2.24) is 10.3 Å². The molecule has 1 aliphatic heterocycles. The van der Waals surface area contributed by atoms with E-state index in [9.17, 15) is 0 Å². The number of hydrogen-bond donors (Lipinski definition) is 1. The van der Waals surface area contributed by atoms with Gasteiger partial charge in [0, 0.05) is 17.9 Å². The monoisotopic (exact) mass is 260 g/mol. The summed E-state index contributed by atoms with van der Waals surface area (Å²) in [7, 11) is 0. The predicted molar refractivity (Wildman–Crippen MR) is 70.7 cm³/mol. The van der Waals surface area contributed by atoms with E-state index in [2.05, 4.69) is 22.4 Å². The zero-order valence-corrected chi connectivity index (χ0v) is 10.8. The number of aromatic nitrogens is 1. The van der Waals surface area contributed by atoms with Crippen molar-refractivity contribution in [2.24, 2.45) is 5.92 Å². The van der Waals surface area contributed by atoms with E-state index in [1.165, 1.54) is 43.5 Å². The number of fused-ring (bicyclic) bond motifs is 1. The summed E-state index contributed by atoms with van der Waals surface area (Å²) in [4.78, 5) is 4.45. The van der Waals surface area contributed by atoms with Gasteiger partial charge in [-0.2, -0.15) is 0 Å². The summed E-state index contributed by atoms with van der Waals surface area (Å²) < 4.78 is 0. The van der Waals surface area contributed by atoms with Gasteiger partial charge in [0.1, 0.15) is 0 Å².